The van der Waals surface area contributed by atoms with Crippen LogP contribution >= 0.6 is 0 Å². The van der Waals surface area contributed by atoms with Crippen LogP contribution in [0.3, 0.4) is 0 Å². The number of aryl methyl sites for hydroxylation is 4. The monoisotopic (exact) mass is 1530 g/mol. The molecule has 0 bridgehead atoms. The van der Waals surface area contributed by atoms with Crippen LogP contribution in [0.4, 0.5) is 26.3 Å². The van der Waals surface area contributed by atoms with Gasteiger partial charge in [0.05, 0.1) is 0 Å². The second-order valence-electron chi connectivity index (χ2n) is 20.2. The van der Waals surface area contributed by atoms with Crippen LogP contribution in [0.15, 0.2) is 228 Å². The number of halogens is 6. The van der Waals surface area contributed by atoms with E-state index < -0.39 is 75.5 Å². The van der Waals surface area contributed by atoms with Gasteiger partial charge < -0.3 is 40.3 Å². The average molecular weight is 1530 g/mol. The quantitative estimate of drug-likeness (QED) is 0.0354. The van der Waals surface area contributed by atoms with E-state index in [9.17, 15) is 43.2 Å². The summed E-state index contributed by atoms with van der Waals surface area (Å²) < 4.78 is 176. The zero-order chi connectivity index (χ0) is 66.3. The smallest absolute Gasteiger partial charge is 0.741 e. The molecule has 14 nitrogen and oxygen atoms in total. The van der Waals surface area contributed by atoms with E-state index in [1.54, 1.807) is 48.5 Å². The van der Waals surface area contributed by atoms with Gasteiger partial charge in [0.25, 0.3) is 0 Å². The minimum absolute atomic E-state index is 0. The van der Waals surface area contributed by atoms with Gasteiger partial charge in [-0.25, -0.2) is 25.3 Å². The fourth-order valence-electron chi connectivity index (χ4n) is 7.36. The largest absolute Gasteiger partial charge is 4.00 e. The Labute approximate surface area is 566 Å². The molecule has 26 heteroatoms. The minimum Gasteiger partial charge on any atom is -0.741 e. The number of hydrogen-bond acceptors (Lipinski definition) is 9. The molecule has 8 aromatic carbocycles. The van der Waals surface area contributed by atoms with E-state index in [0.29, 0.717) is 23.0 Å². The van der Waals surface area contributed by atoms with E-state index in [4.69, 9.17) is 37.4 Å². The molecule has 501 valence electrons. The van der Waals surface area contributed by atoms with Crippen molar-refractivity contribution in [1.29, 1.82) is 0 Å². The van der Waals surface area contributed by atoms with Crippen LogP contribution in [0, 0.1) is 42.5 Å². The van der Waals surface area contributed by atoms with E-state index in [1.807, 2.05) is 135 Å². The van der Waals surface area contributed by atoms with Gasteiger partial charge in [-0.3, -0.25) is 4.55 Å². The molecule has 8 aromatic rings. The normalized spacial score (nSPS) is 12.6. The van der Waals surface area contributed by atoms with Crippen LogP contribution in [0.1, 0.15) is 119 Å². The Bertz CT molecular complexity index is 3560. The van der Waals surface area contributed by atoms with Crippen molar-refractivity contribution >= 4 is 40.3 Å². The van der Waals surface area contributed by atoms with E-state index in [-0.39, 0.29) is 63.6 Å². The Morgan fingerprint density at radius 1 is 0.380 bits per heavy atom. The average Bonchev–Trinajstić information content (AvgIpc) is 1.04. The molecular formula is C66H75F6N4O10Ru2S4. The molecule has 0 fully saturated rings. The summed E-state index contributed by atoms with van der Waals surface area (Å²) in [6.45, 7) is 16.9. The molecule has 4 unspecified atom stereocenters. The molecule has 0 aliphatic carbocycles. The van der Waals surface area contributed by atoms with E-state index in [1.165, 1.54) is 22.3 Å². The summed E-state index contributed by atoms with van der Waals surface area (Å²) in [7, 11) is -19.7. The van der Waals surface area contributed by atoms with Crippen molar-refractivity contribution in [3.05, 3.63) is 310 Å². The molecule has 0 heterocycles. The number of sulfonamides is 2. The first kappa shape index (κ1) is 88.2. The number of alkyl halides is 6. The Kier molecular flexibility index (Phi) is 38.7. The van der Waals surface area contributed by atoms with Gasteiger partial charge in [-0.2, -0.15) is 34.8 Å². The number of hydrogen-bond donors (Lipinski definition) is 1. The molecule has 0 amide bonds. The molecule has 0 aliphatic heterocycles. The number of nitrogens with zero attached hydrogens (tertiary/aromatic N) is 2. The van der Waals surface area contributed by atoms with E-state index in [0.717, 1.165) is 22.3 Å². The molecular weight excluding hydrogens is 1450 g/mol. The predicted molar refractivity (Wildman–Crippen MR) is 346 cm³/mol. The third-order valence-electron chi connectivity index (χ3n) is 12.4. The summed E-state index contributed by atoms with van der Waals surface area (Å²) >= 11 is 0. The van der Waals surface area contributed by atoms with Gasteiger partial charge in [-0.05, 0) is 74.9 Å². The van der Waals surface area contributed by atoms with Gasteiger partial charge in [0.1, 0.15) is 20.0 Å². The van der Waals surface area contributed by atoms with Gasteiger partial charge in [0, 0.05) is 9.79 Å². The van der Waals surface area contributed by atoms with Gasteiger partial charge in [-0.1, -0.05) is 266 Å². The van der Waals surface area contributed by atoms with Crippen LogP contribution in [-0.2, 0) is 79.2 Å². The standard InChI is InChI=1S/2C21H20N2O2S.2C10H14.2CHF3O3S.2CH3.2Ru/c2*1-16-12-14-19(15-13-16)26(24,25)23-21(18-10-6-3-7-11-18)20(22)17-8-4-2-5-9-17;2*1-8(2)10-6-4-9(3)5-7-10;2*2-1(3,4)8(5,6)7;;;;/h2*2-15,20-22H,1H3;2*4-8H,1-3H3;2*(H,5,6,7);2*1H3;;/q2*-2;;;;;2*-1;+3;+4/p-1. The summed E-state index contributed by atoms with van der Waals surface area (Å²) in [4.78, 5) is 0.286. The molecule has 0 saturated heterocycles. The van der Waals surface area contributed by atoms with Gasteiger partial charge in [-0.15, -0.1) is 24.2 Å². The van der Waals surface area contributed by atoms with Crippen molar-refractivity contribution in [2.75, 3.05) is 0 Å². The van der Waals surface area contributed by atoms with E-state index >= 15 is 0 Å². The zero-order valence-corrected chi connectivity index (χ0v) is 58.6. The Morgan fingerprint density at radius 2 is 0.576 bits per heavy atom. The topological polar surface area (TPSA) is 256 Å². The third-order valence-corrected chi connectivity index (χ3v) is 16.3. The molecule has 1 radical (unpaired) electrons. The van der Waals surface area contributed by atoms with Crippen molar-refractivity contribution in [3.63, 3.8) is 0 Å². The van der Waals surface area contributed by atoms with Crippen LogP contribution in [-0.4, -0.2) is 53.8 Å². The first-order chi connectivity index (χ1) is 40.8. The van der Waals surface area contributed by atoms with Crippen molar-refractivity contribution in [3.8, 4) is 0 Å². The van der Waals surface area contributed by atoms with Gasteiger partial charge in [0.2, 0.25) is 0 Å². The van der Waals surface area contributed by atoms with Crippen molar-refractivity contribution in [2.45, 2.75) is 112 Å². The summed E-state index contributed by atoms with van der Waals surface area (Å²) in [5.41, 5.74) is 16.4. The number of nitrogens with one attached hydrogen (secondary N) is 2. The Balaban J connectivity index is 0. The molecule has 0 aromatic heterocycles. The second kappa shape index (κ2) is 40.4. The van der Waals surface area contributed by atoms with Crippen LogP contribution in [0.2, 0.25) is 0 Å². The summed E-state index contributed by atoms with van der Waals surface area (Å²) in [5.74, 6) is 1.31. The van der Waals surface area contributed by atoms with Gasteiger partial charge in [0.15, 0.2) is 10.1 Å². The first-order valence-electron chi connectivity index (χ1n) is 26.7. The fourth-order valence-corrected chi connectivity index (χ4v) is 9.65. The molecule has 0 spiro atoms. The summed E-state index contributed by atoms with van der Waals surface area (Å²) in [5, 5.41) is 0. The van der Waals surface area contributed by atoms with Crippen molar-refractivity contribution < 1.29 is 108 Å². The maximum absolute atomic E-state index is 12.8. The second-order valence-corrected chi connectivity index (χ2v) is 26.3. The van der Waals surface area contributed by atoms with Crippen LogP contribution in [0.25, 0.3) is 20.9 Å². The molecule has 4 atom stereocenters. The Morgan fingerprint density at radius 3 is 0.761 bits per heavy atom. The van der Waals surface area contributed by atoms with Crippen LogP contribution < -0.4 is 0 Å². The first-order valence-corrected chi connectivity index (χ1v) is 32.5. The fraction of sp³-hybridized carbons (Fsp3) is 0.242. The Hall–Kier alpha value is -5.85. The summed E-state index contributed by atoms with van der Waals surface area (Å²) in [6, 6.07) is 64.0. The number of benzene rings is 8. The number of rotatable bonds is 14. The molecule has 92 heavy (non-hydrogen) atoms. The van der Waals surface area contributed by atoms with Gasteiger partial charge >= 0.3 is 60.1 Å². The minimum atomic E-state index is -6.09. The molecule has 0 aliphatic rings. The summed E-state index contributed by atoms with van der Waals surface area (Å²) in [6.07, 6.45) is 0. The maximum Gasteiger partial charge on any atom is 4.00 e. The predicted octanol–water partition coefficient (Wildman–Crippen LogP) is 18.8. The van der Waals surface area contributed by atoms with Crippen molar-refractivity contribution in [1.82, 2.24) is 0 Å². The third kappa shape index (κ3) is 30.5. The zero-order valence-electron chi connectivity index (χ0n) is 51.9. The maximum atomic E-state index is 12.8. The molecule has 0 saturated carbocycles. The van der Waals surface area contributed by atoms with E-state index in [2.05, 4.69) is 99.5 Å². The van der Waals surface area contributed by atoms with Crippen LogP contribution in [0.5, 0.6) is 0 Å². The SMILES string of the molecule is Cc1ccc(C(C)C)cc1.Cc1ccc(C(C)C)cc1.Cc1ccc(S(=O)(=O)[N-]C(c2ccccc2)C([NH-])c2ccccc2)cc1.Cc1ccc(S(=O)(=O)[N-]C(c2ccccc2)C([NH-])c2ccccc2)cc1.O=S(=O)(O)C(F)(F)F.O=S(=O)([O-])C(F)(F)F.[CH3-].[CH3-].[Ru+3].[Ru+4]. The molecule has 8 rings (SSSR count). The van der Waals surface area contributed by atoms with Crippen molar-refractivity contribution in [2.24, 2.45) is 0 Å². The molecule has 3 N–H and O–H groups in total.